The lowest BCUT2D eigenvalue weighted by atomic mass is 10.2. The van der Waals surface area contributed by atoms with Gasteiger partial charge in [0, 0.05) is 23.4 Å². The van der Waals surface area contributed by atoms with E-state index in [4.69, 9.17) is 14.6 Å². The van der Waals surface area contributed by atoms with E-state index in [0.717, 1.165) is 0 Å². The summed E-state index contributed by atoms with van der Waals surface area (Å²) in [5, 5.41) is 14.3. The van der Waals surface area contributed by atoms with Gasteiger partial charge in [-0.3, -0.25) is 9.59 Å². The van der Waals surface area contributed by atoms with Crippen LogP contribution in [0.25, 0.3) is 0 Å². The fraction of sp³-hybridized carbons (Fsp3) is 0.263. The molecule has 0 saturated carbocycles. The maximum Gasteiger partial charge on any atom is 0.255 e. The van der Waals surface area contributed by atoms with Crippen LogP contribution in [0.4, 0.5) is 11.4 Å². The molecule has 2 aromatic carbocycles. The van der Waals surface area contributed by atoms with Crippen molar-refractivity contribution in [3.8, 4) is 11.5 Å². The van der Waals surface area contributed by atoms with Crippen LogP contribution in [0.3, 0.4) is 0 Å². The Morgan fingerprint density at radius 3 is 2.15 bits per heavy atom. The summed E-state index contributed by atoms with van der Waals surface area (Å²) in [5.74, 6) is 0.956. The van der Waals surface area contributed by atoms with Gasteiger partial charge in [0.1, 0.15) is 11.5 Å². The summed E-state index contributed by atoms with van der Waals surface area (Å²) < 4.78 is 10.7. The van der Waals surface area contributed by atoms with Crippen LogP contribution in [-0.4, -0.2) is 49.3 Å². The zero-order valence-corrected chi connectivity index (χ0v) is 16.0. The summed E-state index contributed by atoms with van der Waals surface area (Å²) in [6, 6.07) is 12.0. The third-order valence-corrected chi connectivity index (χ3v) is 4.49. The predicted molar refractivity (Wildman–Crippen MR) is 107 cm³/mol. The lowest BCUT2D eigenvalue weighted by molar-refractivity contribution is -0.113. The standard InChI is InChI=1S/C19H22N2O5S/c1-25-16-11-15(21-19(24)13-6-4-3-5-7-13)17(26-2)10-14(16)20-18(23)12-27-9-8-22/h3-7,10-11,22H,8-9,12H2,1-2H3,(H,20,23)(H,21,24). The first kappa shape index (κ1) is 20.6. The first-order chi connectivity index (χ1) is 13.1. The van der Waals surface area contributed by atoms with E-state index in [0.29, 0.717) is 34.2 Å². The molecule has 8 heteroatoms. The van der Waals surface area contributed by atoms with Crippen molar-refractivity contribution >= 4 is 35.0 Å². The van der Waals surface area contributed by atoms with Gasteiger partial charge >= 0.3 is 0 Å². The molecular weight excluding hydrogens is 368 g/mol. The third kappa shape index (κ3) is 5.90. The van der Waals surface area contributed by atoms with E-state index >= 15 is 0 Å². The van der Waals surface area contributed by atoms with Gasteiger partial charge in [0.15, 0.2) is 0 Å². The highest BCUT2D eigenvalue weighted by molar-refractivity contribution is 7.99. The monoisotopic (exact) mass is 390 g/mol. The molecule has 0 saturated heterocycles. The molecule has 2 rings (SSSR count). The van der Waals surface area contributed by atoms with Gasteiger partial charge in [0.2, 0.25) is 5.91 Å². The van der Waals surface area contributed by atoms with Gasteiger partial charge in [0.25, 0.3) is 5.91 Å². The molecule has 0 unspecified atom stereocenters. The van der Waals surface area contributed by atoms with Gasteiger partial charge in [0.05, 0.1) is 38.0 Å². The number of carbonyl (C=O) groups is 2. The van der Waals surface area contributed by atoms with Crippen LogP contribution >= 0.6 is 11.8 Å². The number of hydrogen-bond acceptors (Lipinski definition) is 6. The van der Waals surface area contributed by atoms with Crippen LogP contribution < -0.4 is 20.1 Å². The highest BCUT2D eigenvalue weighted by Gasteiger charge is 2.16. The number of benzene rings is 2. The lowest BCUT2D eigenvalue weighted by Crippen LogP contribution is -2.16. The predicted octanol–water partition coefficient (Wildman–Crippen LogP) is 2.62. The molecule has 2 amide bonds. The van der Waals surface area contributed by atoms with Crippen LogP contribution in [0.2, 0.25) is 0 Å². The molecule has 7 nitrogen and oxygen atoms in total. The van der Waals surface area contributed by atoms with Crippen molar-refractivity contribution in [3.05, 3.63) is 48.0 Å². The van der Waals surface area contributed by atoms with Crippen molar-refractivity contribution in [1.82, 2.24) is 0 Å². The quantitative estimate of drug-likeness (QED) is 0.570. The second-order valence-electron chi connectivity index (χ2n) is 5.40. The molecule has 0 bridgehead atoms. The second kappa shape index (κ2) is 10.4. The Morgan fingerprint density at radius 2 is 1.59 bits per heavy atom. The average molecular weight is 390 g/mol. The molecule has 0 atom stereocenters. The number of methoxy groups -OCH3 is 2. The van der Waals surface area contributed by atoms with E-state index in [9.17, 15) is 9.59 Å². The number of carbonyl (C=O) groups excluding carboxylic acids is 2. The average Bonchev–Trinajstić information content (AvgIpc) is 2.69. The molecule has 3 N–H and O–H groups in total. The van der Waals surface area contributed by atoms with E-state index in [1.165, 1.54) is 26.0 Å². The van der Waals surface area contributed by atoms with Gasteiger partial charge < -0.3 is 25.2 Å². The number of ether oxygens (including phenoxy) is 2. The van der Waals surface area contributed by atoms with Crippen molar-refractivity contribution in [3.63, 3.8) is 0 Å². The summed E-state index contributed by atoms with van der Waals surface area (Å²) in [6.07, 6.45) is 0. The smallest absolute Gasteiger partial charge is 0.255 e. The SMILES string of the molecule is COc1cc(NC(=O)c2ccccc2)c(OC)cc1NC(=O)CSCCO. The van der Waals surface area contributed by atoms with Crippen molar-refractivity contribution < 1.29 is 24.2 Å². The molecule has 144 valence electrons. The van der Waals surface area contributed by atoms with Crippen molar-refractivity contribution in [1.29, 1.82) is 0 Å². The Labute approximate surface area is 162 Å². The van der Waals surface area contributed by atoms with Crippen molar-refractivity contribution in [2.45, 2.75) is 0 Å². The van der Waals surface area contributed by atoms with Crippen LogP contribution in [0, 0.1) is 0 Å². The minimum atomic E-state index is -0.284. The molecule has 0 radical (unpaired) electrons. The van der Waals surface area contributed by atoms with Crippen LogP contribution in [-0.2, 0) is 4.79 Å². The molecule has 2 aromatic rings. The summed E-state index contributed by atoms with van der Waals surface area (Å²) in [6.45, 7) is 0.0187. The Bertz CT molecular complexity index is 783. The second-order valence-corrected chi connectivity index (χ2v) is 6.50. The maximum atomic E-state index is 12.4. The summed E-state index contributed by atoms with van der Waals surface area (Å²) in [7, 11) is 2.95. The highest BCUT2D eigenvalue weighted by atomic mass is 32.2. The lowest BCUT2D eigenvalue weighted by Gasteiger charge is -2.16. The molecule has 0 spiro atoms. The Morgan fingerprint density at radius 1 is 1.00 bits per heavy atom. The van der Waals surface area contributed by atoms with Crippen molar-refractivity contribution in [2.24, 2.45) is 0 Å². The number of anilines is 2. The van der Waals surface area contributed by atoms with Crippen molar-refractivity contribution in [2.75, 3.05) is 43.0 Å². The molecule has 0 aliphatic heterocycles. The maximum absolute atomic E-state index is 12.4. The summed E-state index contributed by atoms with van der Waals surface area (Å²) >= 11 is 1.32. The normalized spacial score (nSPS) is 10.2. The zero-order chi connectivity index (χ0) is 19.6. The van der Waals surface area contributed by atoms with Gasteiger partial charge in [-0.2, -0.15) is 0 Å². The van der Waals surface area contributed by atoms with E-state index in [2.05, 4.69) is 10.6 Å². The number of aliphatic hydroxyl groups is 1. The minimum absolute atomic E-state index is 0.0187. The Hall–Kier alpha value is -2.71. The first-order valence-corrected chi connectivity index (χ1v) is 9.35. The Balaban J connectivity index is 2.19. The number of nitrogens with one attached hydrogen (secondary N) is 2. The number of thioether (sulfide) groups is 1. The first-order valence-electron chi connectivity index (χ1n) is 8.20. The largest absolute Gasteiger partial charge is 0.494 e. The van der Waals surface area contributed by atoms with Crippen LogP contribution in [0.1, 0.15) is 10.4 Å². The molecule has 0 aliphatic carbocycles. The molecule has 0 aromatic heterocycles. The van der Waals surface area contributed by atoms with Gasteiger partial charge in [-0.15, -0.1) is 11.8 Å². The number of hydrogen-bond donors (Lipinski definition) is 3. The zero-order valence-electron chi connectivity index (χ0n) is 15.2. The molecule has 0 heterocycles. The fourth-order valence-electron chi connectivity index (χ4n) is 2.29. The number of aliphatic hydroxyl groups excluding tert-OH is 1. The van der Waals surface area contributed by atoms with Gasteiger partial charge in [-0.25, -0.2) is 0 Å². The molecule has 27 heavy (non-hydrogen) atoms. The minimum Gasteiger partial charge on any atom is -0.494 e. The summed E-state index contributed by atoms with van der Waals surface area (Å²) in [4.78, 5) is 24.4. The van der Waals surface area contributed by atoms with E-state index in [1.54, 1.807) is 36.4 Å². The van der Waals surface area contributed by atoms with Crippen LogP contribution in [0.5, 0.6) is 11.5 Å². The molecular formula is C19H22N2O5S. The van der Waals surface area contributed by atoms with E-state index in [1.807, 2.05) is 6.07 Å². The third-order valence-electron chi connectivity index (χ3n) is 3.55. The van der Waals surface area contributed by atoms with Crippen LogP contribution in [0.15, 0.2) is 42.5 Å². The molecule has 0 fully saturated rings. The van der Waals surface area contributed by atoms with E-state index in [-0.39, 0.29) is 24.2 Å². The number of amides is 2. The van der Waals surface area contributed by atoms with Gasteiger partial charge in [-0.1, -0.05) is 18.2 Å². The highest BCUT2D eigenvalue weighted by Crippen LogP contribution is 2.36. The topological polar surface area (TPSA) is 96.9 Å². The number of rotatable bonds is 9. The van der Waals surface area contributed by atoms with Gasteiger partial charge in [-0.05, 0) is 12.1 Å². The summed E-state index contributed by atoms with van der Waals surface area (Å²) in [5.41, 5.74) is 1.37. The molecule has 0 aliphatic rings. The van der Waals surface area contributed by atoms with E-state index < -0.39 is 0 Å². The Kier molecular flexibility index (Phi) is 7.97. The fourth-order valence-corrected chi connectivity index (χ4v) is 2.82.